The molecule has 3 heterocycles. The monoisotopic (exact) mass is 514 g/mol. The maximum atomic E-state index is 14.7. The van der Waals surface area contributed by atoms with Crippen LogP contribution in [0.15, 0.2) is 60.7 Å². The van der Waals surface area contributed by atoms with Gasteiger partial charge in [0.25, 0.3) is 11.8 Å². The second-order valence-electron chi connectivity index (χ2n) is 10.1. The predicted molar refractivity (Wildman–Crippen MR) is 140 cm³/mol. The van der Waals surface area contributed by atoms with E-state index in [2.05, 4.69) is 6.92 Å². The smallest absolute Gasteiger partial charge is 0.261 e. The molecule has 0 bridgehead atoms. The maximum Gasteiger partial charge on any atom is 0.261 e. The van der Waals surface area contributed by atoms with Crippen molar-refractivity contribution in [2.45, 2.75) is 44.4 Å². The van der Waals surface area contributed by atoms with Crippen LogP contribution < -0.4 is 19.1 Å². The Kier molecular flexibility index (Phi) is 5.61. The number of amides is 2. The van der Waals surface area contributed by atoms with Crippen molar-refractivity contribution in [2.75, 3.05) is 25.3 Å². The van der Waals surface area contributed by atoms with E-state index in [1.807, 2.05) is 24.3 Å². The Morgan fingerprint density at radius 2 is 1.71 bits per heavy atom. The van der Waals surface area contributed by atoms with Crippen LogP contribution in [-0.4, -0.2) is 42.3 Å². The van der Waals surface area contributed by atoms with Gasteiger partial charge >= 0.3 is 0 Å². The van der Waals surface area contributed by atoms with Crippen molar-refractivity contribution in [3.05, 3.63) is 82.9 Å². The van der Waals surface area contributed by atoms with Crippen LogP contribution in [0.5, 0.6) is 17.2 Å². The third-order valence-corrected chi connectivity index (χ3v) is 8.00. The second-order valence-corrected chi connectivity index (χ2v) is 10.1. The van der Waals surface area contributed by atoms with Gasteiger partial charge in [0.1, 0.15) is 11.4 Å². The molecule has 0 aromatic heterocycles. The molecule has 1 unspecified atom stereocenters. The molecule has 3 aromatic rings. The summed E-state index contributed by atoms with van der Waals surface area (Å²) in [5.41, 5.74) is -0.712. The van der Waals surface area contributed by atoms with Crippen LogP contribution >= 0.6 is 0 Å². The van der Waals surface area contributed by atoms with Crippen LogP contribution in [0.4, 0.5) is 5.69 Å². The Morgan fingerprint density at radius 1 is 1.00 bits per heavy atom. The Bertz CT molecular complexity index is 1430. The number of carbonyl (C=O) groups excluding carboxylic acids is 2. The van der Waals surface area contributed by atoms with Gasteiger partial charge in [0.15, 0.2) is 17.0 Å². The summed E-state index contributed by atoms with van der Waals surface area (Å²) in [6.45, 7) is 4.32. The molecule has 38 heavy (non-hydrogen) atoms. The van der Waals surface area contributed by atoms with E-state index in [1.54, 1.807) is 55.3 Å². The lowest BCUT2D eigenvalue weighted by atomic mass is 9.67. The van der Waals surface area contributed by atoms with Crippen molar-refractivity contribution in [3.8, 4) is 17.2 Å². The quantitative estimate of drug-likeness (QED) is 0.527. The van der Waals surface area contributed by atoms with Gasteiger partial charge in [0.2, 0.25) is 6.79 Å². The van der Waals surface area contributed by atoms with Gasteiger partial charge in [0, 0.05) is 30.3 Å². The fourth-order valence-corrected chi connectivity index (χ4v) is 6.09. The lowest BCUT2D eigenvalue weighted by Crippen LogP contribution is -2.68. The Morgan fingerprint density at radius 3 is 2.42 bits per heavy atom. The van der Waals surface area contributed by atoms with E-state index >= 15 is 0 Å². The summed E-state index contributed by atoms with van der Waals surface area (Å²) in [4.78, 5) is 32.2. The van der Waals surface area contributed by atoms with Crippen molar-refractivity contribution in [3.63, 3.8) is 0 Å². The summed E-state index contributed by atoms with van der Waals surface area (Å²) in [7, 11) is 1.59. The number of fused-ring (bicyclic) bond motifs is 4. The number of benzene rings is 3. The molecule has 3 aromatic carbocycles. The third-order valence-electron chi connectivity index (χ3n) is 8.00. The highest BCUT2D eigenvalue weighted by atomic mass is 16.7. The summed E-state index contributed by atoms with van der Waals surface area (Å²) in [5, 5.41) is 12.5. The molecule has 0 saturated heterocycles. The maximum absolute atomic E-state index is 14.7. The molecule has 1 N–H and O–H groups in total. The molecule has 8 heteroatoms. The van der Waals surface area contributed by atoms with E-state index in [0.29, 0.717) is 46.2 Å². The molecule has 2 amide bonds. The molecule has 0 fully saturated rings. The van der Waals surface area contributed by atoms with Crippen LogP contribution in [0.2, 0.25) is 0 Å². The second kappa shape index (κ2) is 8.77. The number of aliphatic hydroxyl groups is 1. The van der Waals surface area contributed by atoms with Gasteiger partial charge in [-0.05, 0) is 48.7 Å². The van der Waals surface area contributed by atoms with Crippen molar-refractivity contribution in [1.29, 1.82) is 0 Å². The predicted octanol–water partition coefficient (Wildman–Crippen LogP) is 4.33. The molecule has 3 aliphatic heterocycles. The van der Waals surface area contributed by atoms with Crippen molar-refractivity contribution >= 4 is 17.5 Å². The highest BCUT2D eigenvalue weighted by molar-refractivity contribution is 6.14. The van der Waals surface area contributed by atoms with Gasteiger partial charge in [-0.2, -0.15) is 0 Å². The molecule has 1 spiro atoms. The Labute approximate surface area is 221 Å². The molecule has 0 aliphatic carbocycles. The highest BCUT2D eigenvalue weighted by Crippen LogP contribution is 2.59. The van der Waals surface area contributed by atoms with Crippen LogP contribution in [-0.2, 0) is 22.5 Å². The first-order chi connectivity index (χ1) is 18.3. The van der Waals surface area contributed by atoms with Gasteiger partial charge < -0.3 is 29.1 Å². The average molecular weight is 515 g/mol. The van der Waals surface area contributed by atoms with E-state index in [4.69, 9.17) is 14.2 Å². The number of unbranched alkanes of at least 4 members (excludes halogenated alkanes) is 1. The summed E-state index contributed by atoms with van der Waals surface area (Å²) < 4.78 is 16.7. The molecule has 2 atom stereocenters. The number of ether oxygens (including phenoxy) is 3. The first-order valence-electron chi connectivity index (χ1n) is 12.9. The molecule has 0 saturated carbocycles. The SMILES string of the molecule is CCCCN1C(=O)C2(c3cc4c(cc31)OCO4)N(Cc1ccc(OC)cc1)C(=O)c1ccccc1[C@]2(C)O. The number of methoxy groups -OCH3 is 1. The minimum atomic E-state index is -1.75. The number of hydrogen-bond donors (Lipinski definition) is 1. The number of rotatable bonds is 6. The lowest BCUT2D eigenvalue weighted by molar-refractivity contribution is -0.154. The van der Waals surface area contributed by atoms with E-state index in [9.17, 15) is 14.7 Å². The zero-order valence-corrected chi connectivity index (χ0v) is 21.7. The van der Waals surface area contributed by atoms with E-state index < -0.39 is 11.1 Å². The normalized spacial score (nSPS) is 23.2. The lowest BCUT2D eigenvalue weighted by Gasteiger charge is -2.52. The molecule has 8 nitrogen and oxygen atoms in total. The number of carbonyl (C=O) groups is 2. The largest absolute Gasteiger partial charge is 0.497 e. The standard InChI is InChI=1S/C30H30N2O6/c1-4-5-14-31-24-16-26-25(37-18-38-26)15-23(24)30(28(31)34)29(2,35)22-9-7-6-8-21(22)27(33)32(30)17-19-10-12-20(36-3)13-11-19/h6-13,15-16,35H,4-5,14,17-18H2,1-3H3/t29-,30?/m0/s1. The first kappa shape index (κ1) is 24.3. The summed E-state index contributed by atoms with van der Waals surface area (Å²) >= 11 is 0. The Balaban J connectivity index is 1.62. The molecular formula is C30H30N2O6. The van der Waals surface area contributed by atoms with Crippen LogP contribution in [0.25, 0.3) is 0 Å². The van der Waals surface area contributed by atoms with E-state index in [0.717, 1.165) is 18.4 Å². The first-order valence-corrected chi connectivity index (χ1v) is 12.9. The topological polar surface area (TPSA) is 88.5 Å². The molecule has 6 rings (SSSR count). The zero-order chi connectivity index (χ0) is 26.7. The van der Waals surface area contributed by atoms with Crippen molar-refractivity contribution in [1.82, 2.24) is 4.90 Å². The van der Waals surface area contributed by atoms with Gasteiger partial charge in [0.05, 0.1) is 12.8 Å². The van der Waals surface area contributed by atoms with E-state index in [-0.39, 0.29) is 25.2 Å². The van der Waals surface area contributed by atoms with Gasteiger partial charge in [-0.3, -0.25) is 9.59 Å². The minimum Gasteiger partial charge on any atom is -0.497 e. The molecule has 3 aliphatic rings. The van der Waals surface area contributed by atoms with Gasteiger partial charge in [-0.15, -0.1) is 0 Å². The molecular weight excluding hydrogens is 484 g/mol. The molecule has 196 valence electrons. The number of nitrogens with zero attached hydrogens (tertiary/aromatic N) is 2. The number of hydrogen-bond acceptors (Lipinski definition) is 6. The Hall–Kier alpha value is -4.04. The van der Waals surface area contributed by atoms with Gasteiger partial charge in [-0.25, -0.2) is 0 Å². The van der Waals surface area contributed by atoms with Crippen molar-refractivity contribution in [2.24, 2.45) is 0 Å². The third kappa shape index (κ3) is 3.19. The summed E-state index contributed by atoms with van der Waals surface area (Å²) in [5.74, 6) is 1.05. The van der Waals surface area contributed by atoms with Crippen LogP contribution in [0, 0.1) is 0 Å². The minimum absolute atomic E-state index is 0.0713. The zero-order valence-electron chi connectivity index (χ0n) is 21.7. The fourth-order valence-electron chi connectivity index (χ4n) is 6.09. The van der Waals surface area contributed by atoms with E-state index in [1.165, 1.54) is 4.90 Å². The van der Waals surface area contributed by atoms with Crippen LogP contribution in [0.1, 0.15) is 53.7 Å². The van der Waals surface area contributed by atoms with Gasteiger partial charge in [-0.1, -0.05) is 43.7 Å². The summed E-state index contributed by atoms with van der Waals surface area (Å²) in [6.07, 6.45) is 1.64. The average Bonchev–Trinajstić information content (AvgIpc) is 3.48. The summed E-state index contributed by atoms with van der Waals surface area (Å²) in [6, 6.07) is 17.9. The fraction of sp³-hybridized carbons (Fsp3) is 0.333. The van der Waals surface area contributed by atoms with Crippen molar-refractivity contribution < 1.29 is 28.9 Å². The number of anilines is 1. The molecule has 0 radical (unpaired) electrons. The van der Waals surface area contributed by atoms with Crippen LogP contribution in [0.3, 0.4) is 0 Å². The highest BCUT2D eigenvalue weighted by Gasteiger charge is 2.69.